The van der Waals surface area contributed by atoms with Crippen molar-refractivity contribution in [2.45, 2.75) is 39.0 Å². The van der Waals surface area contributed by atoms with Crippen molar-refractivity contribution in [3.8, 4) is 17.2 Å². The maximum atomic E-state index is 14.3. The summed E-state index contributed by atoms with van der Waals surface area (Å²) in [4.78, 5) is 66.1. The van der Waals surface area contributed by atoms with E-state index in [1.807, 2.05) is 6.92 Å². The van der Waals surface area contributed by atoms with Crippen molar-refractivity contribution in [3.63, 3.8) is 0 Å². The Balaban J connectivity index is 1.99. The molecule has 4 rings (SSSR count). The van der Waals surface area contributed by atoms with E-state index in [2.05, 4.69) is 0 Å². The molecule has 2 N–H and O–H groups in total. The Bertz CT molecular complexity index is 1770. The van der Waals surface area contributed by atoms with Crippen LogP contribution in [0.4, 0.5) is 5.69 Å². The molecule has 236 valence electrons. The number of carbonyl (C=O) groups excluding carboxylic acids is 4. The third-order valence-electron chi connectivity index (χ3n) is 7.13. The monoisotopic (exact) mass is 625 g/mol. The number of nitro groups is 1. The van der Waals surface area contributed by atoms with E-state index >= 15 is 0 Å². The number of ether oxygens (including phenoxy) is 2. The first-order chi connectivity index (χ1) is 22.2. The Hall–Kier alpha value is -5.84. The van der Waals surface area contributed by atoms with Crippen LogP contribution in [0, 0.1) is 10.1 Å². The fourth-order valence-corrected chi connectivity index (χ4v) is 4.80. The number of unbranched alkanes of at least 4 members (excludes halogenated alkanes) is 4. The Morgan fingerprint density at radius 2 is 1.26 bits per heavy atom. The molecule has 11 heteroatoms. The maximum absolute atomic E-state index is 14.3. The average molecular weight is 626 g/mol. The first-order valence-electron chi connectivity index (χ1n) is 14.6. The summed E-state index contributed by atoms with van der Waals surface area (Å²) in [5.41, 5.74) is -3.75. The maximum Gasteiger partial charge on any atom is 0.343 e. The number of rotatable bonds is 14. The molecule has 0 aliphatic heterocycles. The van der Waals surface area contributed by atoms with Gasteiger partial charge >= 0.3 is 11.9 Å². The van der Waals surface area contributed by atoms with Gasteiger partial charge in [-0.3, -0.25) is 19.7 Å². The minimum absolute atomic E-state index is 0.0221. The van der Waals surface area contributed by atoms with Crippen molar-refractivity contribution >= 4 is 29.2 Å². The second-order valence-corrected chi connectivity index (χ2v) is 10.3. The molecule has 0 spiro atoms. The second-order valence-electron chi connectivity index (χ2n) is 10.3. The van der Waals surface area contributed by atoms with Crippen LogP contribution in [-0.2, 0) is 4.74 Å². The van der Waals surface area contributed by atoms with Gasteiger partial charge in [-0.05, 0) is 24.6 Å². The van der Waals surface area contributed by atoms with Crippen LogP contribution in [0.1, 0.15) is 91.6 Å². The highest BCUT2D eigenvalue weighted by Gasteiger charge is 2.39. The van der Waals surface area contributed by atoms with Gasteiger partial charge in [0.15, 0.2) is 17.3 Å². The van der Waals surface area contributed by atoms with Crippen LogP contribution in [0.3, 0.4) is 0 Å². The topological polar surface area (TPSA) is 170 Å². The van der Waals surface area contributed by atoms with Crippen LogP contribution in [0.25, 0.3) is 0 Å². The number of phenols is 2. The number of nitro benzene ring substituents is 1. The zero-order valence-corrected chi connectivity index (χ0v) is 24.9. The van der Waals surface area contributed by atoms with E-state index in [4.69, 9.17) is 9.47 Å². The van der Waals surface area contributed by atoms with Gasteiger partial charge in [0.1, 0.15) is 5.56 Å². The first-order valence-corrected chi connectivity index (χ1v) is 14.6. The average Bonchev–Trinajstić information content (AvgIpc) is 3.08. The van der Waals surface area contributed by atoms with Gasteiger partial charge in [0.2, 0.25) is 11.5 Å². The van der Waals surface area contributed by atoms with E-state index < -0.39 is 73.6 Å². The molecular weight excluding hydrogens is 594 g/mol. The predicted molar refractivity (Wildman–Crippen MR) is 167 cm³/mol. The van der Waals surface area contributed by atoms with Gasteiger partial charge in [0.25, 0.3) is 5.69 Å². The number of hydrogen-bond acceptors (Lipinski definition) is 10. The molecule has 0 unspecified atom stereocenters. The van der Waals surface area contributed by atoms with Crippen molar-refractivity contribution in [2.75, 3.05) is 6.61 Å². The van der Waals surface area contributed by atoms with E-state index in [0.717, 1.165) is 37.8 Å². The van der Waals surface area contributed by atoms with Crippen molar-refractivity contribution < 1.29 is 43.8 Å². The third kappa shape index (κ3) is 7.27. The van der Waals surface area contributed by atoms with Crippen LogP contribution in [0.2, 0.25) is 0 Å². The Morgan fingerprint density at radius 3 is 1.89 bits per heavy atom. The van der Waals surface area contributed by atoms with E-state index in [9.17, 15) is 39.5 Å². The summed E-state index contributed by atoms with van der Waals surface area (Å²) in [6.07, 6.45) is 4.01. The van der Waals surface area contributed by atoms with E-state index in [1.165, 1.54) is 60.7 Å². The normalized spacial score (nSPS) is 10.6. The summed E-state index contributed by atoms with van der Waals surface area (Å²) in [6, 6.07) is 19.7. The summed E-state index contributed by atoms with van der Waals surface area (Å²) < 4.78 is 10.9. The number of carbonyl (C=O) groups is 4. The molecule has 4 aromatic rings. The van der Waals surface area contributed by atoms with Gasteiger partial charge in [0, 0.05) is 11.6 Å². The van der Waals surface area contributed by atoms with E-state index in [-0.39, 0.29) is 17.7 Å². The smallest absolute Gasteiger partial charge is 0.343 e. The fourth-order valence-electron chi connectivity index (χ4n) is 4.80. The molecule has 0 saturated carbocycles. The minimum Gasteiger partial charge on any atom is -0.504 e. The zero-order chi connectivity index (χ0) is 33.2. The van der Waals surface area contributed by atoms with Crippen molar-refractivity contribution in [1.82, 2.24) is 0 Å². The van der Waals surface area contributed by atoms with Crippen molar-refractivity contribution in [2.24, 2.45) is 0 Å². The fraction of sp³-hybridized carbons (Fsp3) is 0.200. The van der Waals surface area contributed by atoms with Gasteiger partial charge in [-0.1, -0.05) is 93.3 Å². The highest BCUT2D eigenvalue weighted by molar-refractivity contribution is 6.24. The lowest BCUT2D eigenvalue weighted by molar-refractivity contribution is -0.385. The number of aromatic hydroxyl groups is 2. The lowest BCUT2D eigenvalue weighted by Crippen LogP contribution is -2.22. The molecule has 0 aliphatic carbocycles. The number of benzene rings is 4. The molecule has 0 saturated heterocycles. The number of nitrogens with zero attached hydrogens (tertiary/aromatic N) is 1. The Labute approximate surface area is 264 Å². The zero-order valence-electron chi connectivity index (χ0n) is 24.9. The molecule has 0 amide bonds. The number of hydrogen-bond donors (Lipinski definition) is 2. The van der Waals surface area contributed by atoms with Crippen molar-refractivity contribution in [1.29, 1.82) is 0 Å². The SMILES string of the molecule is CCCCCCCOC(=O)c1c(C(=O)c2ccccc2)c(O)c(O)c(OC(=O)c2ccccc2)c1C(=O)c1ccccc1[N+](=O)[O-]. The number of esters is 2. The summed E-state index contributed by atoms with van der Waals surface area (Å²) in [5.74, 6) is -7.89. The van der Waals surface area contributed by atoms with Crippen LogP contribution < -0.4 is 4.74 Å². The quantitative estimate of drug-likeness (QED) is 0.0288. The first kappa shape index (κ1) is 33.1. The molecule has 0 aliphatic rings. The van der Waals surface area contributed by atoms with Crippen LogP contribution >= 0.6 is 0 Å². The molecule has 0 aromatic heterocycles. The summed E-state index contributed by atoms with van der Waals surface area (Å²) in [6.45, 7) is 1.92. The molecule has 11 nitrogen and oxygen atoms in total. The van der Waals surface area contributed by atoms with E-state index in [0.29, 0.717) is 6.42 Å². The molecular formula is C35H31NO10. The molecule has 46 heavy (non-hydrogen) atoms. The van der Waals surface area contributed by atoms with Gasteiger partial charge in [-0.25, -0.2) is 9.59 Å². The third-order valence-corrected chi connectivity index (χ3v) is 7.13. The minimum atomic E-state index is -1.25. The van der Waals surface area contributed by atoms with Crippen molar-refractivity contribution in [3.05, 3.63) is 128 Å². The number of ketones is 2. The van der Waals surface area contributed by atoms with Gasteiger partial charge in [0.05, 0.1) is 33.8 Å². The van der Waals surface area contributed by atoms with Crippen LogP contribution in [0.5, 0.6) is 17.2 Å². The van der Waals surface area contributed by atoms with Gasteiger partial charge in [-0.2, -0.15) is 0 Å². The molecule has 0 radical (unpaired) electrons. The van der Waals surface area contributed by atoms with E-state index in [1.54, 1.807) is 12.1 Å². The molecule has 4 aromatic carbocycles. The Morgan fingerprint density at radius 1 is 0.674 bits per heavy atom. The highest BCUT2D eigenvalue weighted by atomic mass is 16.6. The van der Waals surface area contributed by atoms with Gasteiger partial charge < -0.3 is 19.7 Å². The number of phenolic OH excluding ortho intramolecular Hbond substituents is 2. The largest absolute Gasteiger partial charge is 0.504 e. The van der Waals surface area contributed by atoms with Gasteiger partial charge in [-0.15, -0.1) is 0 Å². The molecule has 0 heterocycles. The molecule has 0 bridgehead atoms. The molecule has 0 fully saturated rings. The summed E-state index contributed by atoms with van der Waals surface area (Å²) in [5, 5.41) is 34.3. The number of para-hydroxylation sites is 1. The second kappa shape index (κ2) is 15.2. The predicted octanol–water partition coefficient (Wildman–Crippen LogP) is 6.81. The van der Waals surface area contributed by atoms with Crippen LogP contribution in [0.15, 0.2) is 84.9 Å². The standard InChI is InChI=1S/C35H31NO10/c1-2-3-4-5-14-21-45-35(42)26-27(29(37)22-15-8-6-9-16-22)31(39)32(40)33(46-34(41)23-17-10-7-11-18-23)28(26)30(38)24-19-12-13-20-25(24)36(43)44/h6-13,15-20,39-40H,2-5,14,21H2,1H3. The molecule has 0 atom stereocenters. The highest BCUT2D eigenvalue weighted by Crippen LogP contribution is 2.47. The summed E-state index contributed by atoms with van der Waals surface area (Å²) in [7, 11) is 0. The lowest BCUT2D eigenvalue weighted by Gasteiger charge is -2.20. The summed E-state index contributed by atoms with van der Waals surface area (Å²) >= 11 is 0. The Kier molecular flexibility index (Phi) is 11.0. The lowest BCUT2D eigenvalue weighted by atomic mass is 9.88. The van der Waals surface area contributed by atoms with Crippen LogP contribution in [-0.4, -0.2) is 45.2 Å².